The van der Waals surface area contributed by atoms with Crippen LogP contribution in [0.1, 0.15) is 52.0 Å². The number of nitrogens with one attached hydrogen (secondary N) is 1. The molecule has 1 N–H and O–H groups in total. The van der Waals surface area contributed by atoms with E-state index in [0.717, 1.165) is 0 Å². The number of epoxide rings is 1. The molecule has 0 saturated carbocycles. The zero-order valence-corrected chi connectivity index (χ0v) is 12.2. The summed E-state index contributed by atoms with van der Waals surface area (Å²) in [6, 6.07) is -0.947. The highest BCUT2D eigenvalue weighted by Gasteiger charge is 2.50. The summed E-state index contributed by atoms with van der Waals surface area (Å²) in [6.07, 6.45) is -0.735. The molecule has 1 fully saturated rings. The van der Waals surface area contributed by atoms with Crippen LogP contribution in [0.4, 0.5) is 4.79 Å². The predicted molar refractivity (Wildman–Crippen MR) is 72.0 cm³/mol. The standard InChI is InChI=1S/C14H25NO4/c1-9(2)7-10(11(16)14(6)8-18-14)15-12(17)19-13(3,4)5/h9-10H,7-8H2,1-6H3,(H,15,17)/t10-,14-/m0/s1/i1D3/t9?,10-,14-. The number of Topliss-reactive ketones (excluding diaryl/α,β-unsaturated/α-hetero) is 1. The number of carbonyl (C=O) groups excluding carboxylic acids is 2. The van der Waals surface area contributed by atoms with E-state index in [9.17, 15) is 9.59 Å². The summed E-state index contributed by atoms with van der Waals surface area (Å²) in [5.41, 5.74) is -1.64. The Bertz CT molecular complexity index is 438. The average Bonchev–Trinajstić information content (AvgIpc) is 3.02. The van der Waals surface area contributed by atoms with Crippen LogP contribution >= 0.6 is 0 Å². The Morgan fingerprint density at radius 2 is 2.11 bits per heavy atom. The second-order valence-corrected chi connectivity index (χ2v) is 6.22. The molecule has 1 heterocycles. The number of hydrogen-bond donors (Lipinski definition) is 1. The van der Waals surface area contributed by atoms with Gasteiger partial charge in [-0.1, -0.05) is 13.8 Å². The minimum Gasteiger partial charge on any atom is -0.444 e. The average molecular weight is 274 g/mol. The van der Waals surface area contributed by atoms with Gasteiger partial charge in [-0.3, -0.25) is 4.79 Å². The smallest absolute Gasteiger partial charge is 0.408 e. The molecule has 0 aromatic rings. The van der Waals surface area contributed by atoms with Crippen molar-refractivity contribution in [3.8, 4) is 0 Å². The van der Waals surface area contributed by atoms with Gasteiger partial charge in [0, 0.05) is 4.11 Å². The van der Waals surface area contributed by atoms with Gasteiger partial charge in [-0.25, -0.2) is 4.79 Å². The van der Waals surface area contributed by atoms with E-state index in [4.69, 9.17) is 13.6 Å². The fourth-order valence-corrected chi connectivity index (χ4v) is 1.65. The summed E-state index contributed by atoms with van der Waals surface area (Å²) >= 11 is 0. The number of ketones is 1. The van der Waals surface area contributed by atoms with Gasteiger partial charge in [-0.05, 0) is 40.0 Å². The first-order chi connectivity index (χ1) is 9.74. The van der Waals surface area contributed by atoms with E-state index < -0.39 is 36.1 Å². The van der Waals surface area contributed by atoms with E-state index >= 15 is 0 Å². The lowest BCUT2D eigenvalue weighted by Gasteiger charge is -2.24. The topological polar surface area (TPSA) is 67.9 Å². The van der Waals surface area contributed by atoms with Crippen LogP contribution in [-0.4, -0.2) is 35.7 Å². The zero-order valence-electron chi connectivity index (χ0n) is 15.2. The van der Waals surface area contributed by atoms with Crippen molar-refractivity contribution in [2.24, 2.45) is 5.92 Å². The van der Waals surface area contributed by atoms with Crippen molar-refractivity contribution in [3.05, 3.63) is 0 Å². The number of rotatable bonds is 5. The fourth-order valence-electron chi connectivity index (χ4n) is 1.65. The molecule has 1 amide bonds. The van der Waals surface area contributed by atoms with Crippen molar-refractivity contribution < 1.29 is 23.2 Å². The Morgan fingerprint density at radius 3 is 2.53 bits per heavy atom. The van der Waals surface area contributed by atoms with E-state index in [1.165, 1.54) is 6.92 Å². The lowest BCUT2D eigenvalue weighted by molar-refractivity contribution is -0.126. The minimum absolute atomic E-state index is 0.00747. The molecule has 5 heteroatoms. The maximum atomic E-state index is 12.4. The SMILES string of the molecule is [2H]C([2H])([2H])C(C)C[C@H](NC(=O)OC(C)(C)C)C(=O)[C@]1(C)CO1. The molecule has 1 saturated heterocycles. The van der Waals surface area contributed by atoms with Crippen molar-refractivity contribution in [2.75, 3.05) is 6.61 Å². The summed E-state index contributed by atoms with van der Waals surface area (Å²) in [6.45, 7) is 6.36. The van der Waals surface area contributed by atoms with Crippen LogP contribution in [-0.2, 0) is 14.3 Å². The van der Waals surface area contributed by atoms with Crippen LogP contribution in [0.2, 0.25) is 0 Å². The zero-order chi connectivity index (χ0) is 17.3. The summed E-state index contributed by atoms with van der Waals surface area (Å²) in [4.78, 5) is 24.3. The Hall–Kier alpha value is -1.10. The molecule has 0 aliphatic carbocycles. The van der Waals surface area contributed by atoms with Crippen LogP contribution < -0.4 is 5.32 Å². The lowest BCUT2D eigenvalue weighted by Crippen LogP contribution is -2.48. The quantitative estimate of drug-likeness (QED) is 0.781. The number of amides is 1. The molecular formula is C14H25NO4. The summed E-state index contributed by atoms with van der Waals surface area (Å²) in [5.74, 6) is -1.06. The van der Waals surface area contributed by atoms with Gasteiger partial charge in [0.15, 0.2) is 5.78 Å². The monoisotopic (exact) mass is 274 g/mol. The van der Waals surface area contributed by atoms with Crippen LogP contribution in [0.3, 0.4) is 0 Å². The number of hydrogen-bond acceptors (Lipinski definition) is 4. The molecule has 1 unspecified atom stereocenters. The molecule has 0 spiro atoms. The number of alkyl carbamates (subject to hydrolysis) is 1. The Labute approximate surface area is 119 Å². The van der Waals surface area contributed by atoms with Crippen LogP contribution in [0.15, 0.2) is 0 Å². The van der Waals surface area contributed by atoms with Crippen LogP contribution in [0.25, 0.3) is 0 Å². The lowest BCUT2D eigenvalue weighted by atomic mass is 9.93. The highest BCUT2D eigenvalue weighted by Crippen LogP contribution is 2.29. The molecule has 1 rings (SSSR count). The molecule has 19 heavy (non-hydrogen) atoms. The van der Waals surface area contributed by atoms with E-state index in [1.54, 1.807) is 27.7 Å². The van der Waals surface area contributed by atoms with Gasteiger partial charge in [-0.15, -0.1) is 0 Å². The second-order valence-electron chi connectivity index (χ2n) is 6.22. The molecule has 5 nitrogen and oxygen atoms in total. The third kappa shape index (κ3) is 5.19. The molecule has 110 valence electrons. The Kier molecular flexibility index (Phi) is 3.38. The third-order valence-electron chi connectivity index (χ3n) is 2.70. The van der Waals surface area contributed by atoms with Gasteiger partial charge in [-0.2, -0.15) is 0 Å². The normalized spacial score (nSPS) is 28.4. The molecule has 1 aliphatic rings. The van der Waals surface area contributed by atoms with Gasteiger partial charge >= 0.3 is 6.09 Å². The van der Waals surface area contributed by atoms with Crippen molar-refractivity contribution in [1.82, 2.24) is 5.32 Å². The van der Waals surface area contributed by atoms with Gasteiger partial charge < -0.3 is 14.8 Å². The molecule has 0 aromatic heterocycles. The summed E-state index contributed by atoms with van der Waals surface area (Å²) in [5, 5.41) is 2.48. The maximum absolute atomic E-state index is 12.4. The number of carbonyl (C=O) groups is 2. The van der Waals surface area contributed by atoms with Gasteiger partial charge in [0.25, 0.3) is 0 Å². The molecular weight excluding hydrogens is 246 g/mol. The van der Waals surface area contributed by atoms with E-state index in [0.29, 0.717) is 0 Å². The van der Waals surface area contributed by atoms with Gasteiger partial charge in [0.1, 0.15) is 11.2 Å². The van der Waals surface area contributed by atoms with Gasteiger partial charge in [0.05, 0.1) is 12.6 Å². The largest absolute Gasteiger partial charge is 0.444 e. The molecule has 0 aromatic carbocycles. The van der Waals surface area contributed by atoms with Crippen molar-refractivity contribution in [3.63, 3.8) is 0 Å². The first kappa shape index (κ1) is 11.7. The van der Waals surface area contributed by atoms with Crippen molar-refractivity contribution in [1.29, 1.82) is 0 Å². The maximum Gasteiger partial charge on any atom is 0.408 e. The Balaban J connectivity index is 2.79. The van der Waals surface area contributed by atoms with E-state index in [2.05, 4.69) is 5.32 Å². The second kappa shape index (κ2) is 5.49. The third-order valence-corrected chi connectivity index (χ3v) is 2.70. The van der Waals surface area contributed by atoms with Crippen molar-refractivity contribution in [2.45, 2.75) is 65.1 Å². The van der Waals surface area contributed by atoms with E-state index in [1.807, 2.05) is 0 Å². The number of ether oxygens (including phenoxy) is 2. The van der Waals surface area contributed by atoms with Gasteiger partial charge in [0.2, 0.25) is 0 Å². The molecule has 0 bridgehead atoms. The first-order valence-corrected chi connectivity index (χ1v) is 6.42. The van der Waals surface area contributed by atoms with Crippen LogP contribution in [0, 0.1) is 5.92 Å². The fraction of sp³-hybridized carbons (Fsp3) is 0.857. The summed E-state index contributed by atoms with van der Waals surface area (Å²) in [7, 11) is 0. The predicted octanol–water partition coefficient (Wildman–Crippen LogP) is 2.28. The first-order valence-electron chi connectivity index (χ1n) is 7.92. The van der Waals surface area contributed by atoms with Crippen LogP contribution in [0.5, 0.6) is 0 Å². The minimum atomic E-state index is -2.19. The highest BCUT2D eigenvalue weighted by atomic mass is 16.6. The molecule has 3 atom stereocenters. The van der Waals surface area contributed by atoms with E-state index in [-0.39, 0.29) is 18.8 Å². The molecule has 1 aliphatic heterocycles. The molecule has 0 radical (unpaired) electrons. The Morgan fingerprint density at radius 1 is 1.53 bits per heavy atom. The van der Waals surface area contributed by atoms with Crippen molar-refractivity contribution >= 4 is 11.9 Å². The summed E-state index contributed by atoms with van der Waals surface area (Å²) < 4.78 is 32.5. The highest BCUT2D eigenvalue weighted by molar-refractivity contribution is 5.95.